The number of nitrogens with zero attached hydrogens (tertiary/aromatic N) is 1. The predicted octanol–water partition coefficient (Wildman–Crippen LogP) is 4.17. The van der Waals surface area contributed by atoms with E-state index >= 15 is 0 Å². The fourth-order valence-electron chi connectivity index (χ4n) is 3.40. The van der Waals surface area contributed by atoms with E-state index in [2.05, 4.69) is 4.90 Å². The topological polar surface area (TPSA) is 3.24 Å². The number of hydrogen-bond donors (Lipinski definition) is 0. The second kappa shape index (κ2) is 4.58. The molecule has 0 aliphatic carbocycles. The Balaban J connectivity index is 1.94. The standard InChI is InChI=1S/C14H17ClFN/c15-11-5-3-6-12(16)14(11)13-8-7-10-4-1-2-9-17(10)13/h3,5-6,10,13H,1-2,4,7-9H2. The molecule has 0 saturated carbocycles. The van der Waals surface area contributed by atoms with Crippen LogP contribution in [0.25, 0.3) is 0 Å². The van der Waals surface area contributed by atoms with Crippen molar-refractivity contribution in [2.45, 2.75) is 44.2 Å². The van der Waals surface area contributed by atoms with Crippen molar-refractivity contribution in [3.63, 3.8) is 0 Å². The van der Waals surface area contributed by atoms with Gasteiger partial charge >= 0.3 is 0 Å². The molecule has 2 saturated heterocycles. The first kappa shape index (κ1) is 11.5. The Kier molecular flexibility index (Phi) is 3.10. The molecule has 3 heteroatoms. The molecule has 2 heterocycles. The first-order chi connectivity index (χ1) is 8.27. The third kappa shape index (κ3) is 1.98. The van der Waals surface area contributed by atoms with Crippen LogP contribution in [0.4, 0.5) is 4.39 Å². The van der Waals surface area contributed by atoms with Gasteiger partial charge in [-0.05, 0) is 44.4 Å². The van der Waals surface area contributed by atoms with Gasteiger partial charge in [0.1, 0.15) is 5.82 Å². The molecule has 2 aliphatic heterocycles. The van der Waals surface area contributed by atoms with E-state index in [0.717, 1.165) is 18.5 Å². The summed E-state index contributed by atoms with van der Waals surface area (Å²) in [5.74, 6) is -0.145. The smallest absolute Gasteiger partial charge is 0.129 e. The Morgan fingerprint density at radius 1 is 1.18 bits per heavy atom. The molecule has 2 fully saturated rings. The minimum absolute atomic E-state index is 0.145. The van der Waals surface area contributed by atoms with E-state index in [9.17, 15) is 4.39 Å². The molecule has 0 spiro atoms. The summed E-state index contributed by atoms with van der Waals surface area (Å²) in [5.41, 5.74) is 0.721. The first-order valence-electron chi connectivity index (χ1n) is 6.47. The molecule has 2 atom stereocenters. The monoisotopic (exact) mass is 253 g/mol. The molecular weight excluding hydrogens is 237 g/mol. The molecule has 2 aliphatic rings. The van der Waals surface area contributed by atoms with Crippen LogP contribution in [-0.4, -0.2) is 17.5 Å². The Bertz CT molecular complexity index is 400. The maximum absolute atomic E-state index is 13.9. The highest BCUT2D eigenvalue weighted by atomic mass is 35.5. The van der Waals surface area contributed by atoms with E-state index in [0.29, 0.717) is 11.1 Å². The van der Waals surface area contributed by atoms with Crippen molar-refractivity contribution < 1.29 is 4.39 Å². The lowest BCUT2D eigenvalue weighted by Crippen LogP contribution is -2.36. The van der Waals surface area contributed by atoms with E-state index < -0.39 is 0 Å². The van der Waals surface area contributed by atoms with Gasteiger partial charge in [0.15, 0.2) is 0 Å². The number of rotatable bonds is 1. The largest absolute Gasteiger partial charge is 0.293 e. The number of benzene rings is 1. The summed E-state index contributed by atoms with van der Waals surface area (Å²) in [4.78, 5) is 2.47. The third-order valence-corrected chi connectivity index (χ3v) is 4.51. The van der Waals surface area contributed by atoms with Crippen LogP contribution in [-0.2, 0) is 0 Å². The van der Waals surface area contributed by atoms with Crippen molar-refractivity contribution in [1.82, 2.24) is 4.90 Å². The molecule has 0 N–H and O–H groups in total. The van der Waals surface area contributed by atoms with Gasteiger partial charge in [-0.15, -0.1) is 0 Å². The predicted molar refractivity (Wildman–Crippen MR) is 67.7 cm³/mol. The highest BCUT2D eigenvalue weighted by molar-refractivity contribution is 6.31. The van der Waals surface area contributed by atoms with Gasteiger partial charge in [-0.2, -0.15) is 0 Å². The van der Waals surface area contributed by atoms with E-state index in [1.807, 2.05) is 0 Å². The summed E-state index contributed by atoms with van der Waals surface area (Å²) in [6.07, 6.45) is 6.06. The van der Waals surface area contributed by atoms with E-state index in [-0.39, 0.29) is 11.9 Å². The quantitative estimate of drug-likeness (QED) is 0.726. The van der Waals surface area contributed by atoms with Gasteiger partial charge < -0.3 is 0 Å². The summed E-state index contributed by atoms with van der Waals surface area (Å²) >= 11 is 6.17. The molecular formula is C14H17ClFN. The molecule has 17 heavy (non-hydrogen) atoms. The van der Waals surface area contributed by atoms with Gasteiger partial charge in [-0.25, -0.2) is 4.39 Å². The molecule has 1 aromatic carbocycles. The van der Waals surface area contributed by atoms with Crippen LogP contribution < -0.4 is 0 Å². The van der Waals surface area contributed by atoms with Crippen molar-refractivity contribution >= 4 is 11.6 Å². The van der Waals surface area contributed by atoms with Gasteiger partial charge in [-0.3, -0.25) is 4.90 Å². The second-order valence-electron chi connectivity index (χ2n) is 5.12. The van der Waals surface area contributed by atoms with Crippen LogP contribution in [0.1, 0.15) is 43.7 Å². The maximum Gasteiger partial charge on any atom is 0.129 e. The van der Waals surface area contributed by atoms with Gasteiger partial charge in [0.2, 0.25) is 0 Å². The Hall–Kier alpha value is -0.600. The molecule has 2 unspecified atom stereocenters. The van der Waals surface area contributed by atoms with Crippen molar-refractivity contribution in [3.05, 3.63) is 34.6 Å². The summed E-state index contributed by atoms with van der Waals surface area (Å²) < 4.78 is 13.9. The van der Waals surface area contributed by atoms with E-state index in [4.69, 9.17) is 11.6 Å². The van der Waals surface area contributed by atoms with Crippen LogP contribution in [0, 0.1) is 5.82 Å². The summed E-state index contributed by atoms with van der Waals surface area (Å²) in [6, 6.07) is 5.87. The van der Waals surface area contributed by atoms with Crippen LogP contribution in [0.15, 0.2) is 18.2 Å². The number of fused-ring (bicyclic) bond motifs is 1. The zero-order valence-corrected chi connectivity index (χ0v) is 10.6. The molecule has 0 radical (unpaired) electrons. The summed E-state index contributed by atoms with van der Waals surface area (Å²) in [6.45, 7) is 1.10. The third-order valence-electron chi connectivity index (χ3n) is 4.18. The zero-order valence-electron chi connectivity index (χ0n) is 9.83. The lowest BCUT2D eigenvalue weighted by Gasteiger charge is -2.34. The normalized spacial score (nSPS) is 29.3. The summed E-state index contributed by atoms with van der Waals surface area (Å²) in [7, 11) is 0. The first-order valence-corrected chi connectivity index (χ1v) is 6.85. The maximum atomic E-state index is 13.9. The Morgan fingerprint density at radius 2 is 2.06 bits per heavy atom. The van der Waals surface area contributed by atoms with Crippen molar-refractivity contribution in [1.29, 1.82) is 0 Å². The number of piperidine rings is 1. The molecule has 1 nitrogen and oxygen atoms in total. The van der Waals surface area contributed by atoms with E-state index in [1.54, 1.807) is 12.1 Å². The van der Waals surface area contributed by atoms with Gasteiger partial charge in [-0.1, -0.05) is 24.1 Å². The molecule has 92 valence electrons. The van der Waals surface area contributed by atoms with Gasteiger partial charge in [0, 0.05) is 22.7 Å². The lowest BCUT2D eigenvalue weighted by molar-refractivity contribution is 0.148. The Morgan fingerprint density at radius 3 is 2.88 bits per heavy atom. The fourth-order valence-corrected chi connectivity index (χ4v) is 3.69. The molecule has 3 rings (SSSR count). The number of hydrogen-bond acceptors (Lipinski definition) is 1. The van der Waals surface area contributed by atoms with Crippen LogP contribution in [0.3, 0.4) is 0 Å². The zero-order chi connectivity index (χ0) is 11.8. The molecule has 0 bridgehead atoms. The Labute approximate surface area is 107 Å². The van der Waals surface area contributed by atoms with Crippen molar-refractivity contribution in [2.24, 2.45) is 0 Å². The van der Waals surface area contributed by atoms with Crippen molar-refractivity contribution in [2.75, 3.05) is 6.54 Å². The second-order valence-corrected chi connectivity index (χ2v) is 5.52. The van der Waals surface area contributed by atoms with Crippen LogP contribution in [0.2, 0.25) is 5.02 Å². The average Bonchev–Trinajstić information content (AvgIpc) is 2.73. The van der Waals surface area contributed by atoms with Gasteiger partial charge in [0.25, 0.3) is 0 Å². The van der Waals surface area contributed by atoms with Crippen molar-refractivity contribution in [3.8, 4) is 0 Å². The highest BCUT2D eigenvalue weighted by Gasteiger charge is 2.37. The lowest BCUT2D eigenvalue weighted by atomic mass is 10.0. The molecule has 1 aromatic rings. The van der Waals surface area contributed by atoms with Gasteiger partial charge in [0.05, 0.1) is 0 Å². The fraction of sp³-hybridized carbons (Fsp3) is 0.571. The minimum atomic E-state index is -0.145. The average molecular weight is 254 g/mol. The molecule has 0 aromatic heterocycles. The summed E-state index contributed by atoms with van der Waals surface area (Å²) in [5, 5.41) is 0.584. The molecule has 0 amide bonds. The minimum Gasteiger partial charge on any atom is -0.293 e. The highest BCUT2D eigenvalue weighted by Crippen LogP contribution is 2.43. The van der Waals surface area contributed by atoms with Crippen LogP contribution in [0.5, 0.6) is 0 Å². The van der Waals surface area contributed by atoms with E-state index in [1.165, 1.54) is 31.7 Å². The number of halogens is 2. The van der Waals surface area contributed by atoms with Crippen LogP contribution >= 0.6 is 11.6 Å². The SMILES string of the molecule is Fc1cccc(Cl)c1C1CCC2CCCCN21.